The highest BCUT2D eigenvalue weighted by molar-refractivity contribution is 7.13. The molecule has 1 aromatic carbocycles. The van der Waals surface area contributed by atoms with Gasteiger partial charge in [-0.1, -0.05) is 32.9 Å². The fourth-order valence-electron chi connectivity index (χ4n) is 3.46. The molecule has 28 heavy (non-hydrogen) atoms. The molecule has 1 aliphatic heterocycles. The third-order valence-corrected chi connectivity index (χ3v) is 6.10. The summed E-state index contributed by atoms with van der Waals surface area (Å²) < 4.78 is 13.1. The van der Waals surface area contributed by atoms with Crippen molar-refractivity contribution in [2.75, 3.05) is 6.54 Å². The Morgan fingerprint density at radius 2 is 1.93 bits per heavy atom. The summed E-state index contributed by atoms with van der Waals surface area (Å²) in [6, 6.07) is 6.03. The first-order valence-electron chi connectivity index (χ1n) is 9.45. The molecule has 1 unspecified atom stereocenters. The minimum atomic E-state index is -0.996. The summed E-state index contributed by atoms with van der Waals surface area (Å²) in [5.41, 5.74) is 0.977. The first kappa shape index (κ1) is 20.5. The third kappa shape index (κ3) is 4.41. The zero-order valence-electron chi connectivity index (χ0n) is 16.4. The van der Waals surface area contributed by atoms with Crippen LogP contribution in [0, 0.1) is 11.2 Å². The maximum atomic E-state index is 13.1. The Balaban J connectivity index is 1.82. The van der Waals surface area contributed by atoms with Gasteiger partial charge in [-0.05, 0) is 43.4 Å². The van der Waals surface area contributed by atoms with Crippen molar-refractivity contribution in [3.63, 3.8) is 0 Å². The molecule has 7 heteroatoms. The average Bonchev–Trinajstić information content (AvgIpc) is 3.26. The van der Waals surface area contributed by atoms with Gasteiger partial charge < -0.3 is 10.0 Å². The van der Waals surface area contributed by atoms with Crippen LogP contribution in [0.4, 0.5) is 4.39 Å². The fraction of sp³-hybridized carbons (Fsp3) is 0.476. The van der Waals surface area contributed by atoms with Gasteiger partial charge in [-0.3, -0.25) is 4.79 Å². The number of carboxylic acid groups (broad SMARTS) is 1. The highest BCUT2D eigenvalue weighted by atomic mass is 32.1. The van der Waals surface area contributed by atoms with Crippen molar-refractivity contribution in [2.24, 2.45) is 5.41 Å². The van der Waals surface area contributed by atoms with Crippen LogP contribution < -0.4 is 0 Å². The molecule has 5 nitrogen and oxygen atoms in total. The number of carboxylic acids is 1. The van der Waals surface area contributed by atoms with E-state index in [9.17, 15) is 19.1 Å². The number of halogens is 1. The van der Waals surface area contributed by atoms with Crippen LogP contribution in [-0.2, 0) is 17.6 Å². The largest absolute Gasteiger partial charge is 0.477 e. The van der Waals surface area contributed by atoms with Gasteiger partial charge in [0.2, 0.25) is 5.91 Å². The van der Waals surface area contributed by atoms with Crippen molar-refractivity contribution in [3.05, 3.63) is 51.2 Å². The molecule has 1 saturated heterocycles. The lowest BCUT2D eigenvalue weighted by atomic mass is 9.94. The number of nitrogens with zero attached hydrogens (tertiary/aromatic N) is 2. The molecule has 1 atom stereocenters. The molecule has 2 heterocycles. The number of hydrogen-bond acceptors (Lipinski definition) is 4. The quantitative estimate of drug-likeness (QED) is 0.798. The number of aromatic carboxylic acids is 1. The lowest BCUT2D eigenvalue weighted by molar-refractivity contribution is -0.140. The number of benzene rings is 1. The summed E-state index contributed by atoms with van der Waals surface area (Å²) in [5.74, 6) is -1.23. The molecule has 1 fully saturated rings. The van der Waals surface area contributed by atoms with Gasteiger partial charge in [0.25, 0.3) is 0 Å². The van der Waals surface area contributed by atoms with Crippen LogP contribution >= 0.6 is 11.3 Å². The maximum absolute atomic E-state index is 13.1. The Labute approximate surface area is 168 Å². The van der Waals surface area contributed by atoms with Gasteiger partial charge in [0.05, 0.1) is 11.7 Å². The molecule has 0 bridgehead atoms. The molecule has 150 valence electrons. The average molecular weight is 405 g/mol. The monoisotopic (exact) mass is 404 g/mol. The molecular weight excluding hydrogens is 379 g/mol. The van der Waals surface area contributed by atoms with E-state index in [2.05, 4.69) is 4.98 Å². The van der Waals surface area contributed by atoms with Gasteiger partial charge in [-0.2, -0.15) is 0 Å². The summed E-state index contributed by atoms with van der Waals surface area (Å²) in [6.45, 7) is 6.35. The summed E-state index contributed by atoms with van der Waals surface area (Å²) in [4.78, 5) is 31.2. The van der Waals surface area contributed by atoms with Crippen molar-refractivity contribution in [3.8, 4) is 0 Å². The fourth-order valence-corrected chi connectivity index (χ4v) is 4.56. The number of amides is 1. The second kappa shape index (κ2) is 7.99. The van der Waals surface area contributed by atoms with Crippen molar-refractivity contribution < 1.29 is 19.1 Å². The predicted molar refractivity (Wildman–Crippen MR) is 106 cm³/mol. The van der Waals surface area contributed by atoms with E-state index in [0.29, 0.717) is 30.1 Å². The van der Waals surface area contributed by atoms with E-state index in [4.69, 9.17) is 0 Å². The van der Waals surface area contributed by atoms with Crippen LogP contribution in [0.5, 0.6) is 0 Å². The Morgan fingerprint density at radius 3 is 2.54 bits per heavy atom. The molecule has 1 N–H and O–H groups in total. The number of rotatable bonds is 5. The number of aromatic nitrogens is 1. The molecule has 0 aliphatic carbocycles. The molecule has 3 rings (SSSR count). The standard InChI is InChI=1S/C21H25FN2O3S/c1-21(2,3)20(27)24-12-4-5-16(24)18-23-15(17(28-18)19(25)26)11-8-13-6-9-14(22)10-7-13/h6-7,9-10,16H,4-5,8,11-12H2,1-3H3,(H,25,26). The Hall–Kier alpha value is -2.28. The van der Waals surface area contributed by atoms with Crippen LogP contribution in [-0.4, -0.2) is 33.4 Å². The summed E-state index contributed by atoms with van der Waals surface area (Å²) in [7, 11) is 0. The van der Waals surface area contributed by atoms with Gasteiger partial charge in [-0.25, -0.2) is 14.2 Å². The van der Waals surface area contributed by atoms with E-state index >= 15 is 0 Å². The van der Waals surface area contributed by atoms with E-state index in [1.54, 1.807) is 12.1 Å². The number of hydrogen-bond donors (Lipinski definition) is 1. The van der Waals surface area contributed by atoms with Gasteiger partial charge in [0, 0.05) is 12.0 Å². The number of likely N-dealkylation sites (tertiary alicyclic amines) is 1. The van der Waals surface area contributed by atoms with Crippen molar-refractivity contribution in [1.29, 1.82) is 0 Å². The van der Waals surface area contributed by atoms with Crippen LogP contribution in [0.25, 0.3) is 0 Å². The molecule has 1 aromatic heterocycles. The van der Waals surface area contributed by atoms with E-state index in [0.717, 1.165) is 18.4 Å². The molecule has 0 radical (unpaired) electrons. The summed E-state index contributed by atoms with van der Waals surface area (Å²) in [5, 5.41) is 10.3. The first-order valence-corrected chi connectivity index (χ1v) is 10.3. The topological polar surface area (TPSA) is 70.5 Å². The second-order valence-corrected chi connectivity index (χ2v) is 9.20. The van der Waals surface area contributed by atoms with Crippen LogP contribution in [0.15, 0.2) is 24.3 Å². The number of carbonyl (C=O) groups is 2. The molecule has 1 aliphatic rings. The minimum absolute atomic E-state index is 0.0648. The summed E-state index contributed by atoms with van der Waals surface area (Å²) >= 11 is 1.17. The first-order chi connectivity index (χ1) is 13.2. The lowest BCUT2D eigenvalue weighted by Gasteiger charge is -2.29. The van der Waals surface area contributed by atoms with Crippen molar-refractivity contribution >= 4 is 23.2 Å². The highest BCUT2D eigenvalue weighted by Gasteiger charge is 2.37. The van der Waals surface area contributed by atoms with Gasteiger partial charge in [-0.15, -0.1) is 11.3 Å². The molecular formula is C21H25FN2O3S. The van der Waals surface area contributed by atoms with Crippen LogP contribution in [0.1, 0.15) is 65.6 Å². The van der Waals surface area contributed by atoms with E-state index in [1.165, 1.54) is 23.5 Å². The van der Waals surface area contributed by atoms with Crippen molar-refractivity contribution in [2.45, 2.75) is 52.5 Å². The minimum Gasteiger partial charge on any atom is -0.477 e. The smallest absolute Gasteiger partial charge is 0.347 e. The van der Waals surface area contributed by atoms with E-state index in [-0.39, 0.29) is 22.6 Å². The highest BCUT2D eigenvalue weighted by Crippen LogP contribution is 2.38. The molecule has 0 saturated carbocycles. The predicted octanol–water partition coefficient (Wildman–Crippen LogP) is 4.48. The Morgan fingerprint density at radius 1 is 1.25 bits per heavy atom. The SMILES string of the molecule is CC(C)(C)C(=O)N1CCCC1c1nc(CCc2ccc(F)cc2)c(C(=O)O)s1. The molecule has 1 amide bonds. The van der Waals surface area contributed by atoms with Gasteiger partial charge in [0.1, 0.15) is 15.7 Å². The van der Waals surface area contributed by atoms with Crippen LogP contribution in [0.2, 0.25) is 0 Å². The Kier molecular flexibility index (Phi) is 5.84. The number of aryl methyl sites for hydroxylation is 2. The van der Waals surface area contributed by atoms with Gasteiger partial charge >= 0.3 is 5.97 Å². The van der Waals surface area contributed by atoms with Crippen molar-refractivity contribution in [1.82, 2.24) is 9.88 Å². The van der Waals surface area contributed by atoms with E-state index in [1.807, 2.05) is 25.7 Å². The summed E-state index contributed by atoms with van der Waals surface area (Å²) in [6.07, 6.45) is 2.73. The lowest BCUT2D eigenvalue weighted by Crippen LogP contribution is -2.38. The Bertz CT molecular complexity index is 871. The van der Waals surface area contributed by atoms with Gasteiger partial charge in [0.15, 0.2) is 0 Å². The number of thiazole rings is 1. The van der Waals surface area contributed by atoms with E-state index < -0.39 is 11.4 Å². The maximum Gasteiger partial charge on any atom is 0.347 e. The molecule has 0 spiro atoms. The second-order valence-electron chi connectivity index (χ2n) is 8.17. The normalized spacial score (nSPS) is 17.1. The zero-order valence-corrected chi connectivity index (χ0v) is 17.2. The van der Waals surface area contributed by atoms with Crippen LogP contribution in [0.3, 0.4) is 0 Å². The molecule has 2 aromatic rings. The third-order valence-electron chi connectivity index (χ3n) is 4.91. The zero-order chi connectivity index (χ0) is 20.5. The number of carbonyl (C=O) groups excluding carboxylic acids is 1.